The van der Waals surface area contributed by atoms with Crippen LogP contribution in [0.25, 0.3) is 0 Å². The second-order valence-electron chi connectivity index (χ2n) is 5.66. The van der Waals surface area contributed by atoms with Crippen molar-refractivity contribution in [2.45, 2.75) is 13.8 Å². The lowest BCUT2D eigenvalue weighted by molar-refractivity contribution is -0.123. The molecule has 2 amide bonds. The molecule has 0 bridgehead atoms. The number of nitrogens with one attached hydrogen (secondary N) is 2. The van der Waals surface area contributed by atoms with E-state index in [4.69, 9.17) is 9.47 Å². The lowest BCUT2D eigenvalue weighted by Gasteiger charge is -2.12. The van der Waals surface area contributed by atoms with E-state index in [0.717, 1.165) is 11.1 Å². The Hall–Kier alpha value is -3.28. The summed E-state index contributed by atoms with van der Waals surface area (Å²) in [5.41, 5.74) is 7.04. The zero-order valence-corrected chi connectivity index (χ0v) is 14.9. The van der Waals surface area contributed by atoms with Gasteiger partial charge in [0, 0.05) is 0 Å². The van der Waals surface area contributed by atoms with E-state index >= 15 is 0 Å². The van der Waals surface area contributed by atoms with Crippen molar-refractivity contribution in [3.05, 3.63) is 71.8 Å². The first-order chi connectivity index (χ1) is 12.5. The fourth-order valence-corrected chi connectivity index (χ4v) is 2.26. The molecule has 0 aliphatic carbocycles. The van der Waals surface area contributed by atoms with Crippen molar-refractivity contribution >= 4 is 11.8 Å². The maximum absolute atomic E-state index is 12.2. The van der Waals surface area contributed by atoms with Gasteiger partial charge < -0.3 is 9.47 Å². The second-order valence-corrected chi connectivity index (χ2v) is 5.66. The SMILES string of the molecule is C=CCOc1ccccc1C(=O)NNC(=O)COc1ccc(C)cc1C. The minimum absolute atomic E-state index is 0.210. The van der Waals surface area contributed by atoms with Crippen LogP contribution in [0.2, 0.25) is 0 Å². The van der Waals surface area contributed by atoms with Crippen LogP contribution in [0.15, 0.2) is 55.1 Å². The molecule has 2 aromatic rings. The monoisotopic (exact) mass is 354 g/mol. The fourth-order valence-electron chi connectivity index (χ4n) is 2.26. The molecule has 0 fully saturated rings. The summed E-state index contributed by atoms with van der Waals surface area (Å²) in [5, 5.41) is 0. The summed E-state index contributed by atoms with van der Waals surface area (Å²) in [5.74, 6) is 0.0817. The third-order valence-corrected chi connectivity index (χ3v) is 3.49. The number of aryl methyl sites for hydroxylation is 2. The second kappa shape index (κ2) is 9.27. The summed E-state index contributed by atoms with van der Waals surface area (Å²) in [6.07, 6.45) is 1.58. The first-order valence-corrected chi connectivity index (χ1v) is 8.13. The Labute approximate surface area is 152 Å². The van der Waals surface area contributed by atoms with Gasteiger partial charge >= 0.3 is 0 Å². The molecule has 0 spiro atoms. The molecular weight excluding hydrogens is 332 g/mol. The normalized spacial score (nSPS) is 9.92. The largest absolute Gasteiger partial charge is 0.489 e. The van der Waals surface area contributed by atoms with Gasteiger partial charge in [-0.3, -0.25) is 20.4 Å². The first-order valence-electron chi connectivity index (χ1n) is 8.13. The standard InChI is InChI=1S/C20H22N2O4/c1-4-11-25-18-8-6-5-7-16(18)20(24)22-21-19(23)13-26-17-10-9-14(2)12-15(17)3/h4-10,12H,1,11,13H2,2-3H3,(H,21,23)(H,22,24). The molecular formula is C20H22N2O4. The summed E-state index contributed by atoms with van der Waals surface area (Å²) >= 11 is 0. The molecule has 0 saturated heterocycles. The minimum atomic E-state index is -0.482. The highest BCUT2D eigenvalue weighted by atomic mass is 16.5. The predicted octanol–water partition coefficient (Wildman–Crippen LogP) is 2.71. The van der Waals surface area contributed by atoms with E-state index < -0.39 is 11.8 Å². The number of benzene rings is 2. The van der Waals surface area contributed by atoms with Crippen LogP contribution in [0.1, 0.15) is 21.5 Å². The van der Waals surface area contributed by atoms with Crippen LogP contribution in [-0.4, -0.2) is 25.0 Å². The third-order valence-electron chi connectivity index (χ3n) is 3.49. The third kappa shape index (κ3) is 5.37. The van der Waals surface area contributed by atoms with Gasteiger partial charge in [-0.25, -0.2) is 0 Å². The molecule has 0 aromatic heterocycles. The Morgan fingerprint density at radius 3 is 2.54 bits per heavy atom. The topological polar surface area (TPSA) is 76.7 Å². The molecule has 26 heavy (non-hydrogen) atoms. The number of para-hydroxylation sites is 1. The number of carbonyl (C=O) groups is 2. The molecule has 0 aliphatic heterocycles. The van der Waals surface area contributed by atoms with Crippen LogP contribution in [0.4, 0.5) is 0 Å². The van der Waals surface area contributed by atoms with E-state index in [-0.39, 0.29) is 13.2 Å². The van der Waals surface area contributed by atoms with Crippen molar-refractivity contribution in [3.8, 4) is 11.5 Å². The molecule has 6 nitrogen and oxygen atoms in total. The van der Waals surface area contributed by atoms with Gasteiger partial charge in [0.05, 0.1) is 5.56 Å². The average molecular weight is 354 g/mol. The Kier molecular flexibility index (Phi) is 6.79. The van der Waals surface area contributed by atoms with Crippen LogP contribution >= 0.6 is 0 Å². The van der Waals surface area contributed by atoms with Crippen molar-refractivity contribution < 1.29 is 19.1 Å². The molecule has 0 radical (unpaired) electrons. The number of hydrazine groups is 1. The number of carbonyl (C=O) groups excluding carboxylic acids is 2. The lowest BCUT2D eigenvalue weighted by atomic mass is 10.1. The average Bonchev–Trinajstić information content (AvgIpc) is 2.64. The Bertz CT molecular complexity index is 802. The van der Waals surface area contributed by atoms with Gasteiger partial charge in [0.2, 0.25) is 0 Å². The lowest BCUT2D eigenvalue weighted by Crippen LogP contribution is -2.44. The Morgan fingerprint density at radius 1 is 1.04 bits per heavy atom. The van der Waals surface area contributed by atoms with Crippen molar-refractivity contribution in [2.24, 2.45) is 0 Å². The van der Waals surface area contributed by atoms with Crippen LogP contribution < -0.4 is 20.3 Å². The fraction of sp³-hybridized carbons (Fsp3) is 0.200. The van der Waals surface area contributed by atoms with Gasteiger partial charge in [-0.15, -0.1) is 0 Å². The molecule has 2 rings (SSSR count). The Balaban J connectivity index is 1.87. The Morgan fingerprint density at radius 2 is 1.81 bits per heavy atom. The molecule has 2 aromatic carbocycles. The number of amides is 2. The van der Waals surface area contributed by atoms with E-state index in [1.165, 1.54) is 0 Å². The smallest absolute Gasteiger partial charge is 0.276 e. The summed E-state index contributed by atoms with van der Waals surface area (Å²) in [4.78, 5) is 24.1. The zero-order chi connectivity index (χ0) is 18.9. The minimum Gasteiger partial charge on any atom is -0.489 e. The summed E-state index contributed by atoms with van der Waals surface area (Å²) in [6.45, 7) is 7.53. The van der Waals surface area contributed by atoms with Gasteiger partial charge in [0.1, 0.15) is 18.1 Å². The highest BCUT2D eigenvalue weighted by molar-refractivity contribution is 5.97. The van der Waals surface area contributed by atoms with Gasteiger partial charge in [-0.1, -0.05) is 42.5 Å². The van der Waals surface area contributed by atoms with E-state index in [2.05, 4.69) is 17.4 Å². The predicted molar refractivity (Wildman–Crippen MR) is 99.2 cm³/mol. The van der Waals surface area contributed by atoms with Crippen LogP contribution in [0, 0.1) is 13.8 Å². The van der Waals surface area contributed by atoms with Gasteiger partial charge in [0.15, 0.2) is 6.61 Å². The molecule has 136 valence electrons. The first kappa shape index (κ1) is 19.1. The van der Waals surface area contributed by atoms with E-state index in [9.17, 15) is 9.59 Å². The molecule has 0 unspecified atom stereocenters. The maximum Gasteiger partial charge on any atom is 0.276 e. The number of hydrogen-bond donors (Lipinski definition) is 2. The number of hydrogen-bond acceptors (Lipinski definition) is 4. The van der Waals surface area contributed by atoms with Gasteiger partial charge in [-0.2, -0.15) is 0 Å². The van der Waals surface area contributed by atoms with Crippen LogP contribution in [0.5, 0.6) is 11.5 Å². The summed E-state index contributed by atoms with van der Waals surface area (Å²) < 4.78 is 10.9. The molecule has 0 saturated carbocycles. The molecule has 2 N–H and O–H groups in total. The van der Waals surface area contributed by atoms with Crippen LogP contribution in [0.3, 0.4) is 0 Å². The summed E-state index contributed by atoms with van der Waals surface area (Å²) in [7, 11) is 0. The molecule has 6 heteroatoms. The molecule has 0 heterocycles. The summed E-state index contributed by atoms with van der Waals surface area (Å²) in [6, 6.07) is 12.4. The molecule has 0 atom stereocenters. The zero-order valence-electron chi connectivity index (χ0n) is 14.9. The van der Waals surface area contributed by atoms with Crippen molar-refractivity contribution in [1.29, 1.82) is 0 Å². The van der Waals surface area contributed by atoms with E-state index in [1.807, 2.05) is 32.0 Å². The highest BCUT2D eigenvalue weighted by Gasteiger charge is 2.13. The van der Waals surface area contributed by atoms with Crippen molar-refractivity contribution in [1.82, 2.24) is 10.9 Å². The van der Waals surface area contributed by atoms with E-state index in [0.29, 0.717) is 17.1 Å². The number of ether oxygens (including phenoxy) is 2. The molecule has 0 aliphatic rings. The maximum atomic E-state index is 12.2. The van der Waals surface area contributed by atoms with Crippen LogP contribution in [-0.2, 0) is 4.79 Å². The van der Waals surface area contributed by atoms with Crippen molar-refractivity contribution in [3.63, 3.8) is 0 Å². The van der Waals surface area contributed by atoms with E-state index in [1.54, 1.807) is 30.3 Å². The van der Waals surface area contributed by atoms with Crippen molar-refractivity contribution in [2.75, 3.05) is 13.2 Å². The van der Waals surface area contributed by atoms with Gasteiger partial charge in [0.25, 0.3) is 11.8 Å². The quantitative estimate of drug-likeness (QED) is 0.592. The van der Waals surface area contributed by atoms with Gasteiger partial charge in [-0.05, 0) is 37.6 Å². The number of rotatable bonds is 7. The highest BCUT2D eigenvalue weighted by Crippen LogP contribution is 2.19.